The van der Waals surface area contributed by atoms with Gasteiger partial charge in [-0.25, -0.2) is 4.79 Å². The largest absolute Gasteiger partial charge is 0.488 e. The van der Waals surface area contributed by atoms with Gasteiger partial charge < -0.3 is 23.8 Å². The maximum Gasteiger partial charge on any atom is 0.333 e. The lowest BCUT2D eigenvalue weighted by atomic mass is 10.1. The molecular weight excluding hydrogens is 478 g/mol. The molecule has 0 aliphatic heterocycles. The molecule has 2 aromatic carbocycles. The summed E-state index contributed by atoms with van der Waals surface area (Å²) in [5, 5.41) is 13.4. The summed E-state index contributed by atoms with van der Waals surface area (Å²) in [6.07, 6.45) is -0.521. The van der Waals surface area contributed by atoms with Crippen LogP contribution in [0.1, 0.15) is 28.7 Å². The van der Waals surface area contributed by atoms with Crippen LogP contribution in [0.3, 0.4) is 0 Å². The van der Waals surface area contributed by atoms with E-state index >= 15 is 0 Å². The van der Waals surface area contributed by atoms with Crippen molar-refractivity contribution in [3.63, 3.8) is 0 Å². The standard InChI is InChI=1S/C28H29NO6S/c1-4-33-25(28(30)31)14-19-5-11-22(12-6-19)34-17-27-18(2)13-26(36-27)21-9-7-20(8-10-21)24-15-23(16-32-3)35-29-24/h5-13,15,25H,4,14,16-17H2,1-3H3,(H,30,31). The van der Waals surface area contributed by atoms with E-state index in [-0.39, 0.29) is 0 Å². The molecule has 0 amide bonds. The van der Waals surface area contributed by atoms with Crippen molar-refractivity contribution in [2.24, 2.45) is 0 Å². The highest BCUT2D eigenvalue weighted by molar-refractivity contribution is 7.15. The normalized spacial score (nSPS) is 12.0. The molecule has 0 aliphatic rings. The molecule has 2 aromatic heterocycles. The Kier molecular flexibility index (Phi) is 8.53. The Morgan fingerprint density at radius 2 is 1.78 bits per heavy atom. The second-order valence-corrected chi connectivity index (χ2v) is 9.46. The molecular formula is C28H29NO6S. The number of thiophene rings is 1. The maximum absolute atomic E-state index is 11.3. The molecule has 0 aliphatic carbocycles. The molecule has 1 N–H and O–H groups in total. The van der Waals surface area contributed by atoms with Gasteiger partial charge in [-0.05, 0) is 48.7 Å². The van der Waals surface area contributed by atoms with E-state index in [1.807, 2.05) is 42.5 Å². The number of aliphatic carboxylic acids is 1. The summed E-state index contributed by atoms with van der Waals surface area (Å²) in [5.41, 5.74) is 4.97. The number of aromatic nitrogens is 1. The van der Waals surface area contributed by atoms with E-state index in [4.69, 9.17) is 18.7 Å². The van der Waals surface area contributed by atoms with Crippen molar-refractivity contribution in [1.82, 2.24) is 5.16 Å². The van der Waals surface area contributed by atoms with Crippen LogP contribution < -0.4 is 4.74 Å². The molecule has 36 heavy (non-hydrogen) atoms. The van der Waals surface area contributed by atoms with Crippen LogP contribution in [0.4, 0.5) is 0 Å². The molecule has 1 unspecified atom stereocenters. The fourth-order valence-electron chi connectivity index (χ4n) is 3.77. The second kappa shape index (κ2) is 12.0. The van der Waals surface area contributed by atoms with Gasteiger partial charge in [-0.15, -0.1) is 11.3 Å². The van der Waals surface area contributed by atoms with Gasteiger partial charge in [0, 0.05) is 41.5 Å². The molecule has 0 saturated heterocycles. The first-order valence-corrected chi connectivity index (χ1v) is 12.5. The van der Waals surface area contributed by atoms with Gasteiger partial charge in [0.2, 0.25) is 0 Å². The number of nitrogens with zero attached hydrogens (tertiary/aromatic N) is 1. The van der Waals surface area contributed by atoms with Gasteiger partial charge in [-0.1, -0.05) is 41.6 Å². The number of benzene rings is 2. The molecule has 7 nitrogen and oxygen atoms in total. The lowest BCUT2D eigenvalue weighted by molar-refractivity contribution is -0.149. The van der Waals surface area contributed by atoms with E-state index in [0.717, 1.165) is 33.0 Å². The van der Waals surface area contributed by atoms with Crippen molar-refractivity contribution in [1.29, 1.82) is 0 Å². The predicted molar refractivity (Wildman–Crippen MR) is 138 cm³/mol. The van der Waals surface area contributed by atoms with Gasteiger partial charge in [0.15, 0.2) is 11.9 Å². The van der Waals surface area contributed by atoms with E-state index in [2.05, 4.69) is 30.3 Å². The van der Waals surface area contributed by atoms with Crippen molar-refractivity contribution < 1.29 is 28.6 Å². The summed E-state index contributed by atoms with van der Waals surface area (Å²) in [6.45, 7) is 5.10. The van der Waals surface area contributed by atoms with Crippen LogP contribution in [-0.2, 0) is 33.9 Å². The molecule has 0 bridgehead atoms. The Morgan fingerprint density at radius 1 is 1.06 bits per heavy atom. The molecule has 1 atom stereocenters. The third-order valence-corrected chi connectivity index (χ3v) is 6.95. The summed E-state index contributed by atoms with van der Waals surface area (Å²) in [5.74, 6) is 0.478. The fraction of sp³-hybridized carbons (Fsp3) is 0.286. The lowest BCUT2D eigenvalue weighted by Gasteiger charge is -2.13. The van der Waals surface area contributed by atoms with Gasteiger partial charge in [-0.3, -0.25) is 0 Å². The zero-order valence-electron chi connectivity index (χ0n) is 20.5. The highest BCUT2D eigenvalue weighted by Crippen LogP contribution is 2.33. The lowest BCUT2D eigenvalue weighted by Crippen LogP contribution is -2.26. The first-order valence-electron chi connectivity index (χ1n) is 11.7. The smallest absolute Gasteiger partial charge is 0.333 e. The summed E-state index contributed by atoms with van der Waals surface area (Å²) in [6, 6.07) is 19.8. The minimum atomic E-state index is -0.954. The second-order valence-electron chi connectivity index (χ2n) is 8.32. The van der Waals surface area contributed by atoms with Crippen LogP contribution in [0, 0.1) is 6.92 Å². The summed E-state index contributed by atoms with van der Waals surface area (Å²) in [7, 11) is 1.62. The van der Waals surface area contributed by atoms with Gasteiger partial charge in [0.1, 0.15) is 24.7 Å². The SMILES string of the molecule is CCOC(Cc1ccc(OCc2sc(-c3ccc(-c4cc(COC)on4)cc3)cc2C)cc1)C(=O)O. The topological polar surface area (TPSA) is 91.0 Å². The summed E-state index contributed by atoms with van der Waals surface area (Å²) in [4.78, 5) is 13.6. The van der Waals surface area contributed by atoms with E-state index in [1.54, 1.807) is 25.4 Å². The Bertz CT molecular complexity index is 1280. The Labute approximate surface area is 214 Å². The van der Waals surface area contributed by atoms with E-state index in [1.165, 1.54) is 10.4 Å². The third kappa shape index (κ3) is 6.40. The first kappa shape index (κ1) is 25.6. The fourth-order valence-corrected chi connectivity index (χ4v) is 4.87. The van der Waals surface area contributed by atoms with E-state index in [9.17, 15) is 9.90 Å². The van der Waals surface area contributed by atoms with Crippen molar-refractivity contribution in [2.45, 2.75) is 39.6 Å². The van der Waals surface area contributed by atoms with Crippen molar-refractivity contribution >= 4 is 17.3 Å². The van der Waals surface area contributed by atoms with Crippen molar-refractivity contribution in [3.8, 4) is 27.4 Å². The van der Waals surface area contributed by atoms with Gasteiger partial charge in [0.25, 0.3) is 0 Å². The Balaban J connectivity index is 1.37. The van der Waals surface area contributed by atoms with Gasteiger partial charge in [0.05, 0.1) is 0 Å². The van der Waals surface area contributed by atoms with Crippen LogP contribution in [0.15, 0.2) is 65.2 Å². The first-order chi connectivity index (χ1) is 17.5. The molecule has 0 fully saturated rings. The number of hydrogen-bond donors (Lipinski definition) is 1. The quantitative estimate of drug-likeness (QED) is 0.246. The molecule has 2 heterocycles. The minimum absolute atomic E-state index is 0.320. The third-order valence-electron chi connectivity index (χ3n) is 5.69. The number of carboxylic acids is 1. The summed E-state index contributed by atoms with van der Waals surface area (Å²) < 4.78 is 21.7. The number of rotatable bonds is 12. The van der Waals surface area contributed by atoms with Crippen LogP contribution >= 0.6 is 11.3 Å². The summed E-state index contributed by atoms with van der Waals surface area (Å²) >= 11 is 1.71. The number of carbonyl (C=O) groups is 1. The molecule has 4 rings (SSSR count). The van der Waals surface area contributed by atoms with E-state index in [0.29, 0.717) is 32.0 Å². The highest BCUT2D eigenvalue weighted by Gasteiger charge is 2.18. The van der Waals surface area contributed by atoms with Crippen LogP contribution in [0.25, 0.3) is 21.7 Å². The molecule has 8 heteroatoms. The van der Waals surface area contributed by atoms with Crippen molar-refractivity contribution in [2.75, 3.05) is 13.7 Å². The number of ether oxygens (including phenoxy) is 3. The van der Waals surface area contributed by atoms with Crippen LogP contribution in [0.2, 0.25) is 0 Å². The average Bonchev–Trinajstić information content (AvgIpc) is 3.50. The predicted octanol–water partition coefficient (Wildman–Crippen LogP) is 6.14. The van der Waals surface area contributed by atoms with Crippen LogP contribution in [0.5, 0.6) is 5.75 Å². The molecule has 0 spiro atoms. The number of hydrogen-bond acceptors (Lipinski definition) is 7. The highest BCUT2D eigenvalue weighted by atomic mass is 32.1. The zero-order valence-corrected chi connectivity index (χ0v) is 21.3. The van der Waals surface area contributed by atoms with Gasteiger partial charge in [-0.2, -0.15) is 0 Å². The average molecular weight is 508 g/mol. The molecule has 0 radical (unpaired) electrons. The van der Waals surface area contributed by atoms with E-state index < -0.39 is 12.1 Å². The zero-order chi connectivity index (χ0) is 25.5. The van der Waals surface area contributed by atoms with Gasteiger partial charge >= 0.3 is 5.97 Å². The number of carboxylic acid groups (broad SMARTS) is 1. The maximum atomic E-state index is 11.3. The minimum Gasteiger partial charge on any atom is -0.488 e. The molecule has 4 aromatic rings. The number of methoxy groups -OCH3 is 1. The molecule has 0 saturated carbocycles. The molecule has 188 valence electrons. The Morgan fingerprint density at radius 3 is 2.44 bits per heavy atom. The Hall–Kier alpha value is -3.46. The van der Waals surface area contributed by atoms with Crippen LogP contribution in [-0.4, -0.2) is 36.1 Å². The monoisotopic (exact) mass is 507 g/mol. The van der Waals surface area contributed by atoms with Crippen molar-refractivity contribution in [3.05, 3.63) is 82.4 Å². The number of aryl methyl sites for hydroxylation is 1.